The highest BCUT2D eigenvalue weighted by atomic mass is 16.1. The standard InChI is InChI=1S/C10H13NO/c1-4-9-5-6-11-7(2)10(9)8(3)12/h5-6H,4H2,1-3H3. The Morgan fingerprint density at radius 2 is 2.25 bits per heavy atom. The minimum atomic E-state index is 0.109. The van der Waals surface area contributed by atoms with Gasteiger partial charge in [-0.1, -0.05) is 6.92 Å². The molecule has 2 heteroatoms. The quantitative estimate of drug-likeness (QED) is 0.625. The summed E-state index contributed by atoms with van der Waals surface area (Å²) in [6.07, 6.45) is 2.64. The molecule has 0 spiro atoms. The van der Waals surface area contributed by atoms with Gasteiger partial charge in [-0.3, -0.25) is 9.78 Å². The SMILES string of the molecule is CCc1ccnc(C)c1C(C)=O. The zero-order valence-corrected chi connectivity index (χ0v) is 7.72. The summed E-state index contributed by atoms with van der Waals surface area (Å²) < 4.78 is 0. The average molecular weight is 163 g/mol. The van der Waals surface area contributed by atoms with E-state index >= 15 is 0 Å². The highest BCUT2D eigenvalue weighted by Crippen LogP contribution is 2.12. The first kappa shape index (κ1) is 8.91. The lowest BCUT2D eigenvalue weighted by molar-refractivity contribution is 0.101. The van der Waals surface area contributed by atoms with Gasteiger partial charge in [-0.25, -0.2) is 0 Å². The summed E-state index contributed by atoms with van der Waals surface area (Å²) in [5.74, 6) is 0.109. The van der Waals surface area contributed by atoms with Crippen molar-refractivity contribution in [3.8, 4) is 0 Å². The van der Waals surface area contributed by atoms with Crippen LogP contribution in [0.3, 0.4) is 0 Å². The summed E-state index contributed by atoms with van der Waals surface area (Å²) in [6, 6.07) is 1.91. The Labute approximate surface area is 72.6 Å². The third-order valence-corrected chi connectivity index (χ3v) is 1.96. The predicted molar refractivity (Wildman–Crippen MR) is 48.4 cm³/mol. The van der Waals surface area contributed by atoms with Crippen LogP contribution in [0.15, 0.2) is 12.3 Å². The molecule has 0 aliphatic carbocycles. The van der Waals surface area contributed by atoms with Gasteiger partial charge in [0.1, 0.15) is 0 Å². The van der Waals surface area contributed by atoms with E-state index in [4.69, 9.17) is 0 Å². The van der Waals surface area contributed by atoms with Crippen LogP contribution >= 0.6 is 0 Å². The Morgan fingerprint density at radius 1 is 1.58 bits per heavy atom. The molecule has 1 heterocycles. The van der Waals surface area contributed by atoms with E-state index in [0.29, 0.717) is 0 Å². The summed E-state index contributed by atoms with van der Waals surface area (Å²) in [7, 11) is 0. The van der Waals surface area contributed by atoms with Crippen molar-refractivity contribution in [1.29, 1.82) is 0 Å². The number of nitrogens with zero attached hydrogens (tertiary/aromatic N) is 1. The van der Waals surface area contributed by atoms with E-state index in [1.54, 1.807) is 13.1 Å². The fraction of sp³-hybridized carbons (Fsp3) is 0.400. The monoisotopic (exact) mass is 163 g/mol. The second-order valence-electron chi connectivity index (χ2n) is 2.84. The van der Waals surface area contributed by atoms with Gasteiger partial charge in [-0.2, -0.15) is 0 Å². The van der Waals surface area contributed by atoms with Crippen molar-refractivity contribution in [1.82, 2.24) is 4.98 Å². The van der Waals surface area contributed by atoms with Gasteiger partial charge in [0.05, 0.1) is 0 Å². The van der Waals surface area contributed by atoms with Crippen LogP contribution in [0.2, 0.25) is 0 Å². The number of hydrogen-bond donors (Lipinski definition) is 0. The molecule has 12 heavy (non-hydrogen) atoms. The van der Waals surface area contributed by atoms with Gasteiger partial charge in [0.15, 0.2) is 5.78 Å². The zero-order valence-electron chi connectivity index (χ0n) is 7.72. The maximum Gasteiger partial charge on any atom is 0.161 e. The summed E-state index contributed by atoms with van der Waals surface area (Å²) in [6.45, 7) is 5.50. The van der Waals surface area contributed by atoms with Crippen LogP contribution in [-0.4, -0.2) is 10.8 Å². The molecule has 2 nitrogen and oxygen atoms in total. The zero-order chi connectivity index (χ0) is 9.14. The normalized spacial score (nSPS) is 9.92. The molecule has 0 aliphatic heterocycles. The first-order chi connectivity index (χ1) is 5.66. The molecule has 64 valence electrons. The van der Waals surface area contributed by atoms with E-state index in [2.05, 4.69) is 4.98 Å². The van der Waals surface area contributed by atoms with E-state index < -0.39 is 0 Å². The molecule has 0 aromatic carbocycles. The van der Waals surface area contributed by atoms with Crippen LogP contribution in [0.1, 0.15) is 35.5 Å². The van der Waals surface area contributed by atoms with Crippen molar-refractivity contribution in [3.63, 3.8) is 0 Å². The van der Waals surface area contributed by atoms with Gasteiger partial charge in [0.25, 0.3) is 0 Å². The lowest BCUT2D eigenvalue weighted by Gasteiger charge is -2.05. The molecule has 0 unspecified atom stereocenters. The molecule has 1 rings (SSSR count). The number of aromatic nitrogens is 1. The highest BCUT2D eigenvalue weighted by Gasteiger charge is 2.08. The van der Waals surface area contributed by atoms with E-state index in [0.717, 1.165) is 23.2 Å². The van der Waals surface area contributed by atoms with Gasteiger partial charge in [0, 0.05) is 17.5 Å². The van der Waals surface area contributed by atoms with Crippen LogP contribution in [-0.2, 0) is 6.42 Å². The first-order valence-corrected chi connectivity index (χ1v) is 4.12. The summed E-state index contributed by atoms with van der Waals surface area (Å²) in [5.41, 5.74) is 2.72. The van der Waals surface area contributed by atoms with E-state index in [1.165, 1.54) is 0 Å². The topological polar surface area (TPSA) is 30.0 Å². The van der Waals surface area contributed by atoms with Crippen LogP contribution in [0.4, 0.5) is 0 Å². The minimum Gasteiger partial charge on any atom is -0.294 e. The molecule has 1 aromatic rings. The number of carbonyl (C=O) groups excluding carboxylic acids is 1. The van der Waals surface area contributed by atoms with Gasteiger partial charge in [0.2, 0.25) is 0 Å². The molecular formula is C10H13NO. The van der Waals surface area contributed by atoms with Gasteiger partial charge in [-0.15, -0.1) is 0 Å². The lowest BCUT2D eigenvalue weighted by Crippen LogP contribution is -2.03. The molecule has 1 aromatic heterocycles. The number of rotatable bonds is 2. The Morgan fingerprint density at radius 3 is 2.67 bits per heavy atom. The molecular weight excluding hydrogens is 150 g/mol. The van der Waals surface area contributed by atoms with Crippen molar-refractivity contribution in [2.75, 3.05) is 0 Å². The summed E-state index contributed by atoms with van der Waals surface area (Å²) in [5, 5.41) is 0. The third kappa shape index (κ3) is 1.52. The van der Waals surface area contributed by atoms with Gasteiger partial charge in [-0.05, 0) is 31.9 Å². The number of carbonyl (C=O) groups is 1. The number of Topliss-reactive ketones (excluding diaryl/α,β-unsaturated/α-hetero) is 1. The molecule has 0 fully saturated rings. The molecule has 0 atom stereocenters. The number of ketones is 1. The number of pyridine rings is 1. The van der Waals surface area contributed by atoms with Crippen molar-refractivity contribution < 1.29 is 4.79 Å². The molecule has 0 N–H and O–H groups in total. The summed E-state index contributed by atoms with van der Waals surface area (Å²) in [4.78, 5) is 15.3. The molecule has 0 saturated heterocycles. The van der Waals surface area contributed by atoms with Crippen molar-refractivity contribution >= 4 is 5.78 Å². The van der Waals surface area contributed by atoms with E-state index in [1.807, 2.05) is 19.9 Å². The lowest BCUT2D eigenvalue weighted by atomic mass is 10.0. The molecule has 0 aliphatic rings. The second-order valence-corrected chi connectivity index (χ2v) is 2.84. The van der Waals surface area contributed by atoms with Gasteiger partial charge < -0.3 is 0 Å². The maximum atomic E-state index is 11.2. The predicted octanol–water partition coefficient (Wildman–Crippen LogP) is 2.16. The van der Waals surface area contributed by atoms with Gasteiger partial charge >= 0.3 is 0 Å². The Balaban J connectivity index is 3.29. The van der Waals surface area contributed by atoms with E-state index in [-0.39, 0.29) is 5.78 Å². The smallest absolute Gasteiger partial charge is 0.161 e. The Kier molecular flexibility index (Phi) is 2.58. The maximum absolute atomic E-state index is 11.2. The molecule has 0 radical (unpaired) electrons. The van der Waals surface area contributed by atoms with E-state index in [9.17, 15) is 4.79 Å². The minimum absolute atomic E-state index is 0.109. The largest absolute Gasteiger partial charge is 0.294 e. The molecule has 0 amide bonds. The van der Waals surface area contributed by atoms with Crippen LogP contribution in [0.5, 0.6) is 0 Å². The first-order valence-electron chi connectivity index (χ1n) is 4.12. The second kappa shape index (κ2) is 3.48. The number of aryl methyl sites for hydroxylation is 2. The summed E-state index contributed by atoms with van der Waals surface area (Å²) >= 11 is 0. The van der Waals surface area contributed by atoms with Crippen molar-refractivity contribution in [2.45, 2.75) is 27.2 Å². The van der Waals surface area contributed by atoms with Crippen LogP contribution in [0.25, 0.3) is 0 Å². The van der Waals surface area contributed by atoms with Crippen LogP contribution in [0, 0.1) is 6.92 Å². The average Bonchev–Trinajstić information content (AvgIpc) is 2.03. The fourth-order valence-corrected chi connectivity index (χ4v) is 1.39. The highest BCUT2D eigenvalue weighted by molar-refractivity contribution is 5.96. The molecule has 0 bridgehead atoms. The fourth-order valence-electron chi connectivity index (χ4n) is 1.39. The number of hydrogen-bond acceptors (Lipinski definition) is 2. The third-order valence-electron chi connectivity index (χ3n) is 1.96. The Hall–Kier alpha value is -1.18. The van der Waals surface area contributed by atoms with Crippen LogP contribution < -0.4 is 0 Å². The Bertz CT molecular complexity index is 305. The van der Waals surface area contributed by atoms with Crippen molar-refractivity contribution in [3.05, 3.63) is 29.1 Å². The van der Waals surface area contributed by atoms with Crippen molar-refractivity contribution in [2.24, 2.45) is 0 Å². The molecule has 0 saturated carbocycles.